The number of rotatable bonds is 5. The van der Waals surface area contributed by atoms with Crippen molar-refractivity contribution in [3.05, 3.63) is 81.6 Å². The molecule has 33 heavy (non-hydrogen) atoms. The van der Waals surface area contributed by atoms with E-state index in [1.807, 2.05) is 30.7 Å². The molecule has 0 fully saturated rings. The van der Waals surface area contributed by atoms with Crippen molar-refractivity contribution < 1.29 is 17.9 Å². The fourth-order valence-electron chi connectivity index (χ4n) is 3.31. The normalized spacial score (nSPS) is 12.2. The molecule has 0 atom stereocenters. The maximum absolute atomic E-state index is 12.9. The van der Waals surface area contributed by atoms with Crippen LogP contribution in [0.25, 0.3) is 10.2 Å². The number of thiazole rings is 1. The lowest BCUT2D eigenvalue weighted by atomic mass is 10.2. The Morgan fingerprint density at radius 2 is 1.85 bits per heavy atom. The first kappa shape index (κ1) is 23.0. The fourth-order valence-corrected chi connectivity index (χ4v) is 5.59. The first-order chi connectivity index (χ1) is 15.7. The van der Waals surface area contributed by atoms with Crippen LogP contribution in [0.4, 0.5) is 5.69 Å². The van der Waals surface area contributed by atoms with Gasteiger partial charge >= 0.3 is 0 Å². The molecule has 4 rings (SSSR count). The summed E-state index contributed by atoms with van der Waals surface area (Å²) in [7, 11) is -0.414. The van der Waals surface area contributed by atoms with Crippen LogP contribution in [0.3, 0.4) is 0 Å². The van der Waals surface area contributed by atoms with E-state index in [1.165, 1.54) is 41.7 Å². The molecule has 1 amide bonds. The van der Waals surface area contributed by atoms with Gasteiger partial charge in [-0.15, -0.1) is 0 Å². The van der Waals surface area contributed by atoms with E-state index < -0.39 is 15.9 Å². The van der Waals surface area contributed by atoms with Crippen molar-refractivity contribution in [3.8, 4) is 5.75 Å². The number of fused-ring (bicyclic) bond motifs is 1. The third kappa shape index (κ3) is 4.66. The van der Waals surface area contributed by atoms with Crippen LogP contribution in [0, 0.1) is 6.92 Å². The second-order valence-electron chi connectivity index (χ2n) is 7.26. The second-order valence-corrected chi connectivity index (χ2v) is 10.4. The van der Waals surface area contributed by atoms with Crippen LogP contribution in [-0.2, 0) is 17.1 Å². The van der Waals surface area contributed by atoms with E-state index in [2.05, 4.69) is 9.71 Å². The number of nitrogens with one attached hydrogen (secondary N) is 1. The number of ether oxygens (including phenoxy) is 1. The molecule has 0 saturated heterocycles. The number of carbonyl (C=O) groups is 1. The van der Waals surface area contributed by atoms with Crippen molar-refractivity contribution in [2.45, 2.75) is 11.8 Å². The number of halogens is 1. The molecule has 7 nitrogen and oxygen atoms in total. The Morgan fingerprint density at radius 1 is 1.12 bits per heavy atom. The molecule has 170 valence electrons. The number of sulfonamides is 1. The molecule has 0 radical (unpaired) electrons. The molecule has 10 heteroatoms. The highest BCUT2D eigenvalue weighted by molar-refractivity contribution is 7.92. The predicted octanol–water partition coefficient (Wildman–Crippen LogP) is 4.75. The number of carbonyl (C=O) groups excluding carboxylic acids is 1. The first-order valence-electron chi connectivity index (χ1n) is 9.80. The lowest BCUT2D eigenvalue weighted by Crippen LogP contribution is -2.15. The van der Waals surface area contributed by atoms with Crippen molar-refractivity contribution in [1.82, 2.24) is 4.57 Å². The van der Waals surface area contributed by atoms with Gasteiger partial charge in [0.25, 0.3) is 15.9 Å². The zero-order chi connectivity index (χ0) is 23.8. The van der Waals surface area contributed by atoms with Crippen LogP contribution in [0.2, 0.25) is 5.02 Å². The minimum absolute atomic E-state index is 0.0648. The summed E-state index contributed by atoms with van der Waals surface area (Å²) in [6.45, 7) is 1.99. The quantitative estimate of drug-likeness (QED) is 0.427. The highest BCUT2D eigenvalue weighted by atomic mass is 35.5. The van der Waals surface area contributed by atoms with Crippen LogP contribution in [0.5, 0.6) is 5.75 Å². The number of hydrogen-bond acceptors (Lipinski definition) is 5. The molecule has 0 unspecified atom stereocenters. The number of methoxy groups -OCH3 is 1. The minimum Gasteiger partial charge on any atom is -0.495 e. The van der Waals surface area contributed by atoms with E-state index in [0.717, 1.165) is 15.8 Å². The van der Waals surface area contributed by atoms with Crippen molar-refractivity contribution >= 4 is 54.8 Å². The number of amides is 1. The lowest BCUT2D eigenvalue weighted by Gasteiger charge is -2.09. The summed E-state index contributed by atoms with van der Waals surface area (Å²) in [6, 6.07) is 15.9. The van der Waals surface area contributed by atoms with E-state index in [0.29, 0.717) is 15.6 Å². The van der Waals surface area contributed by atoms with E-state index in [-0.39, 0.29) is 16.1 Å². The van der Waals surface area contributed by atoms with Gasteiger partial charge in [-0.2, -0.15) is 4.99 Å². The number of aryl methyl sites for hydroxylation is 2. The molecule has 0 aliphatic rings. The van der Waals surface area contributed by atoms with Gasteiger partial charge < -0.3 is 9.30 Å². The zero-order valence-corrected chi connectivity index (χ0v) is 20.4. The molecular weight excluding hydrogens is 482 g/mol. The van der Waals surface area contributed by atoms with Crippen molar-refractivity contribution in [1.29, 1.82) is 0 Å². The predicted molar refractivity (Wildman–Crippen MR) is 131 cm³/mol. The first-order valence-corrected chi connectivity index (χ1v) is 12.5. The Kier molecular flexibility index (Phi) is 6.29. The molecule has 0 aliphatic carbocycles. The highest BCUT2D eigenvalue weighted by Gasteiger charge is 2.16. The molecular formula is C23H20ClN3O4S2. The summed E-state index contributed by atoms with van der Waals surface area (Å²) in [4.78, 5) is 17.8. The summed E-state index contributed by atoms with van der Waals surface area (Å²) in [5.74, 6) is 0.211. The number of anilines is 1. The summed E-state index contributed by atoms with van der Waals surface area (Å²) >= 11 is 7.22. The van der Waals surface area contributed by atoms with Crippen LogP contribution in [-0.4, -0.2) is 26.0 Å². The standard InChI is InChI=1S/C23H20ClN3O4S2/c1-14-7-12-19(31-3)20-21(14)32-23(27(20)2)25-22(28)15-5-4-6-17(13-15)26-33(29,30)18-10-8-16(24)9-11-18/h4-13,26H,1-3H3. The minimum atomic E-state index is -3.83. The van der Waals surface area contributed by atoms with Crippen molar-refractivity contribution in [2.24, 2.45) is 12.0 Å². The lowest BCUT2D eigenvalue weighted by molar-refractivity contribution is 0.0998. The maximum atomic E-state index is 12.9. The van der Waals surface area contributed by atoms with Gasteiger partial charge in [0.05, 0.1) is 16.7 Å². The fraction of sp³-hybridized carbons (Fsp3) is 0.130. The molecule has 1 heterocycles. The summed E-state index contributed by atoms with van der Waals surface area (Å²) < 4.78 is 36.0. The average Bonchev–Trinajstić information content (AvgIpc) is 3.11. The van der Waals surface area contributed by atoms with Crippen LogP contribution >= 0.6 is 22.9 Å². The van der Waals surface area contributed by atoms with Gasteiger partial charge in [0.1, 0.15) is 11.3 Å². The number of aromatic nitrogens is 1. The van der Waals surface area contributed by atoms with Crippen LogP contribution in [0.15, 0.2) is 70.6 Å². The zero-order valence-electron chi connectivity index (χ0n) is 18.0. The Hall–Kier alpha value is -3.14. The Balaban J connectivity index is 1.68. The topological polar surface area (TPSA) is 89.8 Å². The molecule has 3 aromatic carbocycles. The largest absolute Gasteiger partial charge is 0.495 e. The van der Waals surface area contributed by atoms with Crippen LogP contribution < -0.4 is 14.3 Å². The SMILES string of the molecule is COc1ccc(C)c2sc(=NC(=O)c3cccc(NS(=O)(=O)c4ccc(Cl)cc4)c3)n(C)c12. The van der Waals surface area contributed by atoms with Gasteiger partial charge in [-0.1, -0.05) is 35.1 Å². The van der Waals surface area contributed by atoms with E-state index in [4.69, 9.17) is 16.3 Å². The van der Waals surface area contributed by atoms with Gasteiger partial charge in [-0.3, -0.25) is 9.52 Å². The molecule has 4 aromatic rings. The van der Waals surface area contributed by atoms with E-state index >= 15 is 0 Å². The molecule has 0 aliphatic heterocycles. The van der Waals surface area contributed by atoms with Gasteiger partial charge in [0.2, 0.25) is 0 Å². The van der Waals surface area contributed by atoms with Gasteiger partial charge in [0, 0.05) is 23.3 Å². The summed E-state index contributed by atoms with van der Waals surface area (Å²) in [5, 5.41) is 0.436. The van der Waals surface area contributed by atoms with Gasteiger partial charge in [0.15, 0.2) is 4.80 Å². The molecule has 0 saturated carbocycles. The van der Waals surface area contributed by atoms with E-state index in [9.17, 15) is 13.2 Å². The molecule has 0 bridgehead atoms. The number of hydrogen-bond donors (Lipinski definition) is 1. The third-order valence-corrected chi connectivity index (χ3v) is 7.93. The maximum Gasteiger partial charge on any atom is 0.279 e. The third-order valence-electron chi connectivity index (χ3n) is 5.01. The second kappa shape index (κ2) is 9.01. The summed E-state index contributed by atoms with van der Waals surface area (Å²) in [6.07, 6.45) is 0. The highest BCUT2D eigenvalue weighted by Crippen LogP contribution is 2.29. The van der Waals surface area contributed by atoms with E-state index in [1.54, 1.807) is 25.3 Å². The van der Waals surface area contributed by atoms with Crippen molar-refractivity contribution in [3.63, 3.8) is 0 Å². The smallest absolute Gasteiger partial charge is 0.279 e. The monoisotopic (exact) mass is 501 g/mol. The van der Waals surface area contributed by atoms with Crippen LogP contribution in [0.1, 0.15) is 15.9 Å². The van der Waals surface area contributed by atoms with Gasteiger partial charge in [-0.25, -0.2) is 8.42 Å². The molecule has 1 aromatic heterocycles. The molecule has 1 N–H and O–H groups in total. The van der Waals surface area contributed by atoms with Gasteiger partial charge in [-0.05, 0) is 61.0 Å². The Labute approximate surface area is 200 Å². The summed E-state index contributed by atoms with van der Waals surface area (Å²) in [5.41, 5.74) is 2.43. The Morgan fingerprint density at radius 3 is 2.55 bits per heavy atom. The average molecular weight is 502 g/mol. The number of benzene rings is 3. The van der Waals surface area contributed by atoms with Crippen molar-refractivity contribution in [2.75, 3.05) is 11.8 Å². The number of nitrogens with zero attached hydrogens (tertiary/aromatic N) is 2. The molecule has 0 spiro atoms. The Bertz CT molecular complexity index is 1540.